The first kappa shape index (κ1) is 19.7. The lowest BCUT2D eigenvalue weighted by molar-refractivity contribution is 0.0695. The number of amides is 1. The zero-order chi connectivity index (χ0) is 20.6. The molecule has 3 aromatic rings. The maximum atomic E-state index is 12.1. The summed E-state index contributed by atoms with van der Waals surface area (Å²) in [5, 5.41) is 13.6. The third-order valence-electron chi connectivity index (χ3n) is 3.72. The molecule has 3 rings (SSSR count). The van der Waals surface area contributed by atoms with Gasteiger partial charge in [0.1, 0.15) is 5.75 Å². The SMILES string of the molecule is CCOc1cc(/C=N\NC(=O)c2ccccc2O)ccc1OC(=O)c1ccco1. The van der Waals surface area contributed by atoms with Gasteiger partial charge in [0.05, 0.1) is 24.6 Å². The van der Waals surface area contributed by atoms with E-state index < -0.39 is 11.9 Å². The molecule has 1 amide bonds. The Labute approximate surface area is 166 Å². The number of ether oxygens (including phenoxy) is 2. The lowest BCUT2D eigenvalue weighted by Gasteiger charge is -2.10. The zero-order valence-electron chi connectivity index (χ0n) is 15.5. The lowest BCUT2D eigenvalue weighted by Crippen LogP contribution is -2.17. The van der Waals surface area contributed by atoms with Gasteiger partial charge in [0.25, 0.3) is 5.91 Å². The molecule has 0 aliphatic rings. The molecule has 0 fully saturated rings. The van der Waals surface area contributed by atoms with Gasteiger partial charge in [-0.05, 0) is 55.0 Å². The Balaban J connectivity index is 1.70. The number of phenolic OH excluding ortho intramolecular Hbond substituents is 1. The van der Waals surface area contributed by atoms with Crippen molar-refractivity contribution in [3.8, 4) is 17.2 Å². The van der Waals surface area contributed by atoms with E-state index in [0.717, 1.165) is 0 Å². The first-order valence-corrected chi connectivity index (χ1v) is 8.72. The number of aromatic hydroxyl groups is 1. The van der Waals surface area contributed by atoms with Crippen molar-refractivity contribution in [2.24, 2.45) is 5.10 Å². The lowest BCUT2D eigenvalue weighted by atomic mass is 10.2. The van der Waals surface area contributed by atoms with Gasteiger partial charge in [-0.3, -0.25) is 4.79 Å². The van der Waals surface area contributed by atoms with Crippen molar-refractivity contribution >= 4 is 18.1 Å². The highest BCUT2D eigenvalue weighted by Crippen LogP contribution is 2.29. The number of phenols is 1. The topological polar surface area (TPSA) is 110 Å². The van der Waals surface area contributed by atoms with Crippen LogP contribution in [0.3, 0.4) is 0 Å². The van der Waals surface area contributed by atoms with Crippen molar-refractivity contribution < 1.29 is 28.6 Å². The Bertz CT molecular complexity index is 1030. The van der Waals surface area contributed by atoms with Crippen LogP contribution in [-0.2, 0) is 0 Å². The highest BCUT2D eigenvalue weighted by atomic mass is 16.6. The summed E-state index contributed by atoms with van der Waals surface area (Å²) in [5.74, 6) is -0.695. The summed E-state index contributed by atoms with van der Waals surface area (Å²) in [5.41, 5.74) is 3.05. The van der Waals surface area contributed by atoms with Gasteiger partial charge in [0, 0.05) is 0 Å². The largest absolute Gasteiger partial charge is 0.507 e. The molecule has 2 aromatic carbocycles. The third kappa shape index (κ3) is 5.01. The molecule has 0 spiro atoms. The number of esters is 1. The molecule has 2 N–H and O–H groups in total. The molecule has 0 unspecified atom stereocenters. The predicted octanol–water partition coefficient (Wildman–Crippen LogP) is 3.37. The number of para-hydroxylation sites is 1. The summed E-state index contributed by atoms with van der Waals surface area (Å²) in [7, 11) is 0. The molecule has 0 atom stereocenters. The number of carbonyl (C=O) groups excluding carboxylic acids is 2. The first-order chi connectivity index (χ1) is 14.1. The van der Waals surface area contributed by atoms with E-state index in [1.54, 1.807) is 43.3 Å². The number of furan rings is 1. The van der Waals surface area contributed by atoms with Gasteiger partial charge < -0.3 is 19.0 Å². The van der Waals surface area contributed by atoms with Crippen LogP contribution in [0.4, 0.5) is 0 Å². The van der Waals surface area contributed by atoms with Gasteiger partial charge in [-0.25, -0.2) is 10.2 Å². The minimum Gasteiger partial charge on any atom is -0.507 e. The number of hydrogen-bond acceptors (Lipinski definition) is 7. The van der Waals surface area contributed by atoms with Gasteiger partial charge in [-0.2, -0.15) is 5.10 Å². The zero-order valence-corrected chi connectivity index (χ0v) is 15.5. The molecule has 0 bridgehead atoms. The monoisotopic (exact) mass is 394 g/mol. The van der Waals surface area contributed by atoms with Crippen molar-refractivity contribution in [1.82, 2.24) is 5.43 Å². The van der Waals surface area contributed by atoms with Crippen LogP contribution in [0.2, 0.25) is 0 Å². The first-order valence-electron chi connectivity index (χ1n) is 8.72. The molecule has 1 aromatic heterocycles. The van der Waals surface area contributed by atoms with Crippen LogP contribution in [0.15, 0.2) is 70.4 Å². The molecule has 29 heavy (non-hydrogen) atoms. The van der Waals surface area contributed by atoms with Crippen LogP contribution in [0, 0.1) is 0 Å². The Morgan fingerprint density at radius 2 is 1.97 bits per heavy atom. The number of hydrogen-bond donors (Lipinski definition) is 2. The maximum absolute atomic E-state index is 12.1. The smallest absolute Gasteiger partial charge is 0.379 e. The van der Waals surface area contributed by atoms with Crippen LogP contribution < -0.4 is 14.9 Å². The Morgan fingerprint density at radius 3 is 2.69 bits per heavy atom. The van der Waals surface area contributed by atoms with Gasteiger partial charge >= 0.3 is 5.97 Å². The average Bonchev–Trinajstić information content (AvgIpc) is 3.25. The summed E-state index contributed by atoms with van der Waals surface area (Å²) in [4.78, 5) is 24.1. The second kappa shape index (κ2) is 9.23. The Hall–Kier alpha value is -4.07. The molecule has 0 aliphatic carbocycles. The molecular formula is C21H18N2O6. The van der Waals surface area contributed by atoms with Crippen molar-refractivity contribution in [1.29, 1.82) is 0 Å². The summed E-state index contributed by atoms with van der Waals surface area (Å²) in [6.45, 7) is 2.15. The van der Waals surface area contributed by atoms with E-state index in [-0.39, 0.29) is 22.8 Å². The van der Waals surface area contributed by atoms with Gasteiger partial charge in [0.15, 0.2) is 11.5 Å². The van der Waals surface area contributed by atoms with Crippen LogP contribution in [0.5, 0.6) is 17.2 Å². The fourth-order valence-corrected chi connectivity index (χ4v) is 2.39. The number of nitrogens with one attached hydrogen (secondary N) is 1. The van der Waals surface area contributed by atoms with E-state index in [0.29, 0.717) is 17.9 Å². The molecule has 1 heterocycles. The Morgan fingerprint density at radius 1 is 1.14 bits per heavy atom. The molecule has 148 valence electrons. The minimum atomic E-state index is -0.646. The summed E-state index contributed by atoms with van der Waals surface area (Å²) >= 11 is 0. The number of benzene rings is 2. The molecule has 0 aliphatic heterocycles. The maximum Gasteiger partial charge on any atom is 0.379 e. The van der Waals surface area contributed by atoms with Crippen molar-refractivity contribution in [2.45, 2.75) is 6.92 Å². The summed E-state index contributed by atoms with van der Waals surface area (Å²) < 4.78 is 15.8. The molecule has 0 radical (unpaired) electrons. The second-order valence-electron chi connectivity index (χ2n) is 5.72. The average molecular weight is 394 g/mol. The fourth-order valence-electron chi connectivity index (χ4n) is 2.39. The molecule has 8 nitrogen and oxygen atoms in total. The quantitative estimate of drug-likeness (QED) is 0.275. The normalized spacial score (nSPS) is 10.7. The second-order valence-corrected chi connectivity index (χ2v) is 5.72. The highest BCUT2D eigenvalue weighted by Gasteiger charge is 2.15. The Kier molecular flexibility index (Phi) is 6.26. The van der Waals surface area contributed by atoms with Crippen LogP contribution in [-0.4, -0.2) is 29.8 Å². The molecular weight excluding hydrogens is 376 g/mol. The standard InChI is InChI=1S/C21H18N2O6/c1-2-27-19-12-14(9-10-17(19)29-21(26)18-8-5-11-28-18)13-22-23-20(25)15-6-3-4-7-16(15)24/h3-13,24H,2H2,1H3,(H,23,25)/b22-13-. The van der Waals surface area contributed by atoms with Crippen molar-refractivity contribution in [3.63, 3.8) is 0 Å². The summed E-state index contributed by atoms with van der Waals surface area (Å²) in [6.07, 6.45) is 2.78. The number of carbonyl (C=O) groups is 2. The summed E-state index contributed by atoms with van der Waals surface area (Å²) in [6, 6.07) is 14.0. The number of hydrazone groups is 1. The van der Waals surface area contributed by atoms with Crippen LogP contribution in [0.1, 0.15) is 33.4 Å². The van der Waals surface area contributed by atoms with E-state index in [2.05, 4.69) is 10.5 Å². The number of nitrogens with zero attached hydrogens (tertiary/aromatic N) is 1. The number of rotatable bonds is 7. The molecule has 0 saturated heterocycles. The third-order valence-corrected chi connectivity index (χ3v) is 3.72. The van der Waals surface area contributed by atoms with Crippen molar-refractivity contribution in [3.05, 3.63) is 77.7 Å². The van der Waals surface area contributed by atoms with Gasteiger partial charge in [0.2, 0.25) is 5.76 Å². The van der Waals surface area contributed by atoms with E-state index in [9.17, 15) is 14.7 Å². The van der Waals surface area contributed by atoms with Crippen LogP contribution in [0.25, 0.3) is 0 Å². The van der Waals surface area contributed by atoms with Gasteiger partial charge in [-0.1, -0.05) is 12.1 Å². The van der Waals surface area contributed by atoms with E-state index in [1.165, 1.54) is 30.7 Å². The molecule has 0 saturated carbocycles. The van der Waals surface area contributed by atoms with Crippen molar-refractivity contribution in [2.75, 3.05) is 6.61 Å². The van der Waals surface area contributed by atoms with Crippen LogP contribution >= 0.6 is 0 Å². The minimum absolute atomic E-state index is 0.0740. The molecule has 8 heteroatoms. The van der Waals surface area contributed by atoms with E-state index >= 15 is 0 Å². The fraction of sp³-hybridized carbons (Fsp3) is 0.0952. The van der Waals surface area contributed by atoms with Gasteiger partial charge in [-0.15, -0.1) is 0 Å². The van der Waals surface area contributed by atoms with E-state index in [1.807, 2.05) is 0 Å². The van der Waals surface area contributed by atoms with E-state index in [4.69, 9.17) is 13.9 Å². The highest BCUT2D eigenvalue weighted by molar-refractivity contribution is 5.97. The predicted molar refractivity (Wildman–Crippen MR) is 104 cm³/mol.